The first kappa shape index (κ1) is 22.2. The highest BCUT2D eigenvalue weighted by molar-refractivity contribution is 5.92. The van der Waals surface area contributed by atoms with E-state index in [1.165, 1.54) is 6.20 Å². The number of piperazine rings is 1. The predicted octanol–water partition coefficient (Wildman–Crippen LogP) is 2.04. The van der Waals surface area contributed by atoms with Gasteiger partial charge in [-0.25, -0.2) is 4.98 Å². The van der Waals surface area contributed by atoms with E-state index in [1.54, 1.807) is 13.3 Å². The van der Waals surface area contributed by atoms with Crippen LogP contribution in [0.15, 0.2) is 36.7 Å². The minimum absolute atomic E-state index is 0.148. The van der Waals surface area contributed by atoms with E-state index in [1.807, 2.05) is 30.0 Å². The van der Waals surface area contributed by atoms with Crippen LogP contribution >= 0.6 is 0 Å². The number of nitrogens with one attached hydrogen (secondary N) is 1. The Bertz CT molecular complexity index is 941. The molecule has 32 heavy (non-hydrogen) atoms. The second kappa shape index (κ2) is 10.1. The van der Waals surface area contributed by atoms with Crippen molar-refractivity contribution in [1.82, 2.24) is 25.1 Å². The molecule has 1 aliphatic heterocycles. The smallest absolute Gasteiger partial charge is 0.271 e. The maximum Gasteiger partial charge on any atom is 0.271 e. The summed E-state index contributed by atoms with van der Waals surface area (Å²) >= 11 is 0. The van der Waals surface area contributed by atoms with Crippen molar-refractivity contribution < 1.29 is 14.3 Å². The Hall–Kier alpha value is -3.00. The monoisotopic (exact) mass is 437 g/mol. The Morgan fingerprint density at radius 2 is 1.88 bits per heavy atom. The fourth-order valence-corrected chi connectivity index (χ4v) is 4.62. The molecule has 2 atom stereocenters. The molecule has 0 radical (unpaired) electrons. The van der Waals surface area contributed by atoms with Crippen LogP contribution in [0.25, 0.3) is 0 Å². The predicted molar refractivity (Wildman–Crippen MR) is 120 cm³/mol. The van der Waals surface area contributed by atoms with E-state index in [0.29, 0.717) is 18.8 Å². The molecule has 2 fully saturated rings. The Morgan fingerprint density at radius 1 is 1.09 bits per heavy atom. The molecule has 1 aromatic carbocycles. The van der Waals surface area contributed by atoms with Crippen LogP contribution in [-0.2, 0) is 11.3 Å². The Morgan fingerprint density at radius 3 is 2.59 bits per heavy atom. The van der Waals surface area contributed by atoms with Crippen LogP contribution < -0.4 is 10.1 Å². The van der Waals surface area contributed by atoms with Crippen molar-refractivity contribution >= 4 is 11.8 Å². The average Bonchev–Trinajstić information content (AvgIpc) is 3.28. The van der Waals surface area contributed by atoms with Gasteiger partial charge >= 0.3 is 0 Å². The fraction of sp³-hybridized carbons (Fsp3) is 0.500. The number of para-hydroxylation sites is 1. The Kier molecular flexibility index (Phi) is 6.99. The number of methoxy groups -OCH3 is 1. The van der Waals surface area contributed by atoms with E-state index in [2.05, 4.69) is 26.3 Å². The maximum absolute atomic E-state index is 13.2. The van der Waals surface area contributed by atoms with E-state index in [4.69, 9.17) is 4.74 Å². The molecule has 0 spiro atoms. The molecule has 0 unspecified atom stereocenters. The molecule has 1 aliphatic carbocycles. The van der Waals surface area contributed by atoms with Gasteiger partial charge in [0.1, 0.15) is 11.4 Å². The molecule has 1 saturated carbocycles. The second-order valence-corrected chi connectivity index (χ2v) is 8.57. The van der Waals surface area contributed by atoms with Gasteiger partial charge < -0.3 is 15.0 Å². The SMILES string of the molecule is COc1ccccc1CN1CCN(C(=O)[C@H]2CCC[C@H]2NC(=O)c2cnc(C)cn2)CC1. The third-order valence-corrected chi connectivity index (χ3v) is 6.43. The van der Waals surface area contributed by atoms with Crippen molar-refractivity contribution in [3.8, 4) is 5.75 Å². The van der Waals surface area contributed by atoms with E-state index < -0.39 is 0 Å². The van der Waals surface area contributed by atoms with Gasteiger partial charge in [-0.1, -0.05) is 24.6 Å². The van der Waals surface area contributed by atoms with Crippen molar-refractivity contribution in [2.24, 2.45) is 5.92 Å². The van der Waals surface area contributed by atoms with Crippen LogP contribution in [0.4, 0.5) is 0 Å². The molecule has 2 aliphatic rings. The summed E-state index contributed by atoms with van der Waals surface area (Å²) in [7, 11) is 1.69. The van der Waals surface area contributed by atoms with E-state index in [-0.39, 0.29) is 23.8 Å². The number of amides is 2. The van der Waals surface area contributed by atoms with Gasteiger partial charge in [0.25, 0.3) is 5.91 Å². The Balaban J connectivity index is 1.31. The van der Waals surface area contributed by atoms with Crippen LogP contribution in [-0.4, -0.2) is 70.9 Å². The molecule has 2 aromatic rings. The minimum atomic E-state index is -0.260. The van der Waals surface area contributed by atoms with Gasteiger partial charge in [-0.2, -0.15) is 0 Å². The lowest BCUT2D eigenvalue weighted by Crippen LogP contribution is -2.52. The lowest BCUT2D eigenvalue weighted by atomic mass is 10.0. The van der Waals surface area contributed by atoms with Crippen molar-refractivity contribution in [2.45, 2.75) is 38.8 Å². The van der Waals surface area contributed by atoms with Crippen LogP contribution in [0.1, 0.15) is 41.0 Å². The minimum Gasteiger partial charge on any atom is -0.496 e. The summed E-state index contributed by atoms with van der Waals surface area (Å²) < 4.78 is 5.46. The van der Waals surface area contributed by atoms with Crippen LogP contribution in [0.5, 0.6) is 5.75 Å². The number of benzene rings is 1. The first-order chi connectivity index (χ1) is 15.5. The Labute approximate surface area is 189 Å². The number of hydrogen-bond acceptors (Lipinski definition) is 6. The highest BCUT2D eigenvalue weighted by Crippen LogP contribution is 2.28. The zero-order valence-corrected chi connectivity index (χ0v) is 18.8. The molecule has 8 heteroatoms. The molecular formula is C24H31N5O3. The first-order valence-electron chi connectivity index (χ1n) is 11.3. The number of carbonyl (C=O) groups is 2. The first-order valence-corrected chi connectivity index (χ1v) is 11.3. The normalized spacial score (nSPS) is 21.4. The summed E-state index contributed by atoms with van der Waals surface area (Å²) in [5.74, 6) is 0.621. The van der Waals surface area contributed by atoms with Crippen molar-refractivity contribution in [3.05, 3.63) is 53.6 Å². The summed E-state index contributed by atoms with van der Waals surface area (Å²) in [5, 5.41) is 3.03. The molecule has 1 saturated heterocycles. The average molecular weight is 438 g/mol. The molecular weight excluding hydrogens is 406 g/mol. The number of aromatic nitrogens is 2. The molecule has 170 valence electrons. The number of ether oxygens (including phenoxy) is 1. The summed E-state index contributed by atoms with van der Waals surface area (Å²) in [5.41, 5.74) is 2.21. The summed E-state index contributed by atoms with van der Waals surface area (Å²) in [6.45, 7) is 5.70. The van der Waals surface area contributed by atoms with Gasteiger partial charge in [0, 0.05) is 50.5 Å². The second-order valence-electron chi connectivity index (χ2n) is 8.57. The topological polar surface area (TPSA) is 87.7 Å². The lowest BCUT2D eigenvalue weighted by Gasteiger charge is -2.37. The third-order valence-electron chi connectivity index (χ3n) is 6.43. The molecule has 1 N–H and O–H groups in total. The summed E-state index contributed by atoms with van der Waals surface area (Å²) in [6.07, 6.45) is 5.63. The lowest BCUT2D eigenvalue weighted by molar-refractivity contribution is -0.137. The molecule has 8 nitrogen and oxygen atoms in total. The van der Waals surface area contributed by atoms with E-state index >= 15 is 0 Å². The van der Waals surface area contributed by atoms with E-state index in [9.17, 15) is 9.59 Å². The van der Waals surface area contributed by atoms with Gasteiger partial charge in [0.15, 0.2) is 0 Å². The van der Waals surface area contributed by atoms with Gasteiger partial charge in [0.2, 0.25) is 5.91 Å². The number of aryl methyl sites for hydroxylation is 1. The molecule has 2 heterocycles. The quantitative estimate of drug-likeness (QED) is 0.744. The molecule has 0 bridgehead atoms. The maximum atomic E-state index is 13.2. The molecule has 2 amide bonds. The number of hydrogen-bond donors (Lipinski definition) is 1. The summed E-state index contributed by atoms with van der Waals surface area (Å²) in [6, 6.07) is 7.91. The van der Waals surface area contributed by atoms with Crippen molar-refractivity contribution in [2.75, 3.05) is 33.3 Å². The standard InChI is InChI=1S/C24H31N5O3/c1-17-14-26-21(15-25-17)23(30)27-20-8-5-7-19(20)24(31)29-12-10-28(11-13-29)16-18-6-3-4-9-22(18)32-2/h3-4,6,9,14-15,19-20H,5,7-8,10-13,16H2,1-2H3,(H,27,30)/t19-,20+/m0/s1. The number of carbonyl (C=O) groups excluding carboxylic acids is 2. The fourth-order valence-electron chi connectivity index (χ4n) is 4.62. The van der Waals surface area contributed by atoms with Crippen LogP contribution in [0.3, 0.4) is 0 Å². The molecule has 4 rings (SSSR count). The van der Waals surface area contributed by atoms with Crippen LogP contribution in [0.2, 0.25) is 0 Å². The zero-order chi connectivity index (χ0) is 22.5. The van der Waals surface area contributed by atoms with Crippen molar-refractivity contribution in [3.63, 3.8) is 0 Å². The zero-order valence-electron chi connectivity index (χ0n) is 18.8. The molecule has 1 aromatic heterocycles. The summed E-state index contributed by atoms with van der Waals surface area (Å²) in [4.78, 5) is 38.4. The highest BCUT2D eigenvalue weighted by atomic mass is 16.5. The van der Waals surface area contributed by atoms with Gasteiger partial charge in [-0.05, 0) is 25.8 Å². The van der Waals surface area contributed by atoms with Gasteiger partial charge in [-0.15, -0.1) is 0 Å². The van der Waals surface area contributed by atoms with Gasteiger partial charge in [-0.3, -0.25) is 19.5 Å². The van der Waals surface area contributed by atoms with Crippen LogP contribution in [0, 0.1) is 12.8 Å². The van der Waals surface area contributed by atoms with Gasteiger partial charge in [0.05, 0.1) is 24.9 Å². The van der Waals surface area contributed by atoms with E-state index in [0.717, 1.165) is 55.9 Å². The van der Waals surface area contributed by atoms with Crippen molar-refractivity contribution in [1.29, 1.82) is 0 Å². The highest BCUT2D eigenvalue weighted by Gasteiger charge is 2.37. The number of nitrogens with zero attached hydrogens (tertiary/aromatic N) is 4. The third kappa shape index (κ3) is 5.07. The number of rotatable bonds is 6. The largest absolute Gasteiger partial charge is 0.496 e.